The molecule has 0 unspecified atom stereocenters. The van der Waals surface area contributed by atoms with Gasteiger partial charge in [-0.15, -0.1) is 0 Å². The summed E-state index contributed by atoms with van der Waals surface area (Å²) in [5.74, 6) is 0.0922. The van der Waals surface area contributed by atoms with Gasteiger partial charge in [-0.1, -0.05) is 55.7 Å². The molecule has 0 bridgehead atoms. The molecule has 6 nitrogen and oxygen atoms in total. The fourth-order valence-electron chi connectivity index (χ4n) is 4.79. The van der Waals surface area contributed by atoms with Crippen molar-refractivity contribution in [2.45, 2.75) is 38.6 Å². The summed E-state index contributed by atoms with van der Waals surface area (Å²) in [6.45, 7) is 6.60. The molecule has 2 aromatic carbocycles. The summed E-state index contributed by atoms with van der Waals surface area (Å²) in [7, 11) is 0. The lowest BCUT2D eigenvalue weighted by atomic mass is 9.88. The maximum Gasteiger partial charge on any atom is 0.251 e. The molecule has 176 valence electrons. The summed E-state index contributed by atoms with van der Waals surface area (Å²) in [6.07, 6.45) is 5.41. The molecule has 0 aromatic heterocycles. The van der Waals surface area contributed by atoms with E-state index < -0.39 is 0 Å². The zero-order valence-corrected chi connectivity index (χ0v) is 19.5. The van der Waals surface area contributed by atoms with Gasteiger partial charge in [0.25, 0.3) is 5.91 Å². The number of carbonyl (C=O) groups is 2. The average molecular weight is 449 g/mol. The van der Waals surface area contributed by atoms with E-state index in [4.69, 9.17) is 0 Å². The van der Waals surface area contributed by atoms with Gasteiger partial charge in [0, 0.05) is 63.0 Å². The Bertz CT molecular complexity index is 903. The van der Waals surface area contributed by atoms with Gasteiger partial charge >= 0.3 is 0 Å². The summed E-state index contributed by atoms with van der Waals surface area (Å²) >= 11 is 0. The minimum absolute atomic E-state index is 0.0821. The van der Waals surface area contributed by atoms with Crippen molar-refractivity contribution in [3.8, 4) is 0 Å². The van der Waals surface area contributed by atoms with Crippen LogP contribution in [0.5, 0.6) is 0 Å². The molecule has 0 atom stereocenters. The van der Waals surface area contributed by atoms with Gasteiger partial charge in [-0.05, 0) is 36.6 Å². The molecule has 1 heterocycles. The number of benzene rings is 2. The van der Waals surface area contributed by atoms with Gasteiger partial charge in [0.2, 0.25) is 5.91 Å². The van der Waals surface area contributed by atoms with Crippen molar-refractivity contribution in [2.75, 3.05) is 44.6 Å². The molecular formula is C27H36N4O2. The number of rotatable bonds is 8. The lowest BCUT2D eigenvalue weighted by molar-refractivity contribution is -0.120. The molecule has 6 heteroatoms. The molecule has 2 aromatic rings. The Morgan fingerprint density at radius 1 is 0.848 bits per heavy atom. The minimum atomic E-state index is -0.0912. The van der Waals surface area contributed by atoms with E-state index in [2.05, 4.69) is 50.8 Å². The van der Waals surface area contributed by atoms with Crippen molar-refractivity contribution in [2.24, 2.45) is 5.92 Å². The molecule has 1 aliphatic heterocycles. The molecule has 2 amide bonds. The van der Waals surface area contributed by atoms with Crippen LogP contribution in [0, 0.1) is 5.92 Å². The molecule has 1 aliphatic carbocycles. The Kier molecular flexibility index (Phi) is 8.50. The van der Waals surface area contributed by atoms with E-state index in [9.17, 15) is 9.59 Å². The molecule has 0 radical (unpaired) electrons. The Morgan fingerprint density at radius 3 is 2.33 bits per heavy atom. The van der Waals surface area contributed by atoms with Crippen LogP contribution in [0.1, 0.15) is 48.0 Å². The second kappa shape index (κ2) is 12.0. The van der Waals surface area contributed by atoms with Crippen LogP contribution in [0.3, 0.4) is 0 Å². The normalized spacial score (nSPS) is 18.1. The summed E-state index contributed by atoms with van der Waals surface area (Å²) < 4.78 is 0. The number of amides is 2. The van der Waals surface area contributed by atoms with E-state index in [1.54, 1.807) is 12.1 Å². The number of anilines is 1. The molecule has 2 N–H and O–H groups in total. The van der Waals surface area contributed by atoms with E-state index in [0.717, 1.165) is 65.0 Å². The lowest BCUT2D eigenvalue weighted by Crippen LogP contribution is -2.48. The maximum atomic E-state index is 12.6. The van der Waals surface area contributed by atoms with Crippen molar-refractivity contribution in [1.82, 2.24) is 15.1 Å². The van der Waals surface area contributed by atoms with Gasteiger partial charge in [0.15, 0.2) is 0 Å². The minimum Gasteiger partial charge on any atom is -0.351 e. The van der Waals surface area contributed by atoms with Gasteiger partial charge in [-0.3, -0.25) is 19.4 Å². The monoisotopic (exact) mass is 448 g/mol. The largest absolute Gasteiger partial charge is 0.351 e. The van der Waals surface area contributed by atoms with Crippen LogP contribution in [0.25, 0.3) is 0 Å². The average Bonchev–Trinajstić information content (AvgIpc) is 2.86. The van der Waals surface area contributed by atoms with Crippen LogP contribution < -0.4 is 10.6 Å². The van der Waals surface area contributed by atoms with Gasteiger partial charge in [0.1, 0.15) is 0 Å². The smallest absolute Gasteiger partial charge is 0.251 e. The van der Waals surface area contributed by atoms with Crippen LogP contribution in [-0.4, -0.2) is 60.9 Å². The van der Waals surface area contributed by atoms with E-state index in [0.29, 0.717) is 17.8 Å². The number of nitrogens with one attached hydrogen (secondary N) is 2. The molecule has 33 heavy (non-hydrogen) atoms. The molecule has 4 rings (SSSR count). The van der Waals surface area contributed by atoms with E-state index in [1.165, 1.54) is 12.0 Å². The van der Waals surface area contributed by atoms with Crippen molar-refractivity contribution in [1.29, 1.82) is 0 Å². The highest BCUT2D eigenvalue weighted by atomic mass is 16.2. The molecule has 0 spiro atoms. The van der Waals surface area contributed by atoms with Gasteiger partial charge < -0.3 is 10.6 Å². The van der Waals surface area contributed by atoms with E-state index >= 15 is 0 Å². The fourth-order valence-corrected chi connectivity index (χ4v) is 4.79. The highest BCUT2D eigenvalue weighted by Gasteiger charge is 2.21. The van der Waals surface area contributed by atoms with Gasteiger partial charge in [0.05, 0.1) is 0 Å². The zero-order chi connectivity index (χ0) is 22.9. The SMILES string of the molecule is O=C(NCCN1CCN(Cc2ccccc2)CC1)c1cccc(NC(=O)C2CCCCC2)c1. The van der Waals surface area contributed by atoms with Crippen LogP contribution in [0.2, 0.25) is 0 Å². The molecule has 2 aliphatic rings. The topological polar surface area (TPSA) is 64.7 Å². The first-order valence-corrected chi connectivity index (χ1v) is 12.3. The zero-order valence-electron chi connectivity index (χ0n) is 19.5. The summed E-state index contributed by atoms with van der Waals surface area (Å²) in [5.41, 5.74) is 2.65. The molecule has 2 fully saturated rings. The summed E-state index contributed by atoms with van der Waals surface area (Å²) in [4.78, 5) is 30.0. The number of nitrogens with zero attached hydrogens (tertiary/aromatic N) is 2. The number of piperazine rings is 1. The third-order valence-electron chi connectivity index (χ3n) is 6.80. The van der Waals surface area contributed by atoms with Crippen LogP contribution in [0.15, 0.2) is 54.6 Å². The first-order chi connectivity index (χ1) is 16.2. The van der Waals surface area contributed by atoms with E-state index in [-0.39, 0.29) is 17.7 Å². The fraction of sp³-hybridized carbons (Fsp3) is 0.481. The number of carbonyl (C=O) groups excluding carboxylic acids is 2. The molecular weight excluding hydrogens is 412 g/mol. The molecule has 1 saturated heterocycles. The lowest BCUT2D eigenvalue weighted by Gasteiger charge is -2.34. The third kappa shape index (κ3) is 7.14. The summed E-state index contributed by atoms with van der Waals surface area (Å²) in [5, 5.41) is 6.04. The number of hydrogen-bond donors (Lipinski definition) is 2. The van der Waals surface area contributed by atoms with Crippen LogP contribution in [-0.2, 0) is 11.3 Å². The quantitative estimate of drug-likeness (QED) is 0.646. The van der Waals surface area contributed by atoms with Crippen LogP contribution in [0.4, 0.5) is 5.69 Å². The summed E-state index contributed by atoms with van der Waals surface area (Å²) in [6, 6.07) is 17.9. The van der Waals surface area contributed by atoms with Crippen molar-refractivity contribution < 1.29 is 9.59 Å². The van der Waals surface area contributed by atoms with Crippen molar-refractivity contribution in [3.63, 3.8) is 0 Å². The predicted molar refractivity (Wildman–Crippen MR) is 132 cm³/mol. The molecule has 1 saturated carbocycles. The standard InChI is InChI=1S/C27H36N4O2/c32-26(24-12-7-13-25(20-24)29-27(33)23-10-5-2-6-11-23)28-14-15-30-16-18-31(19-17-30)21-22-8-3-1-4-9-22/h1,3-4,7-9,12-13,20,23H,2,5-6,10-11,14-19,21H2,(H,28,32)(H,29,33). The first-order valence-electron chi connectivity index (χ1n) is 12.3. The Morgan fingerprint density at radius 2 is 1.58 bits per heavy atom. The Balaban J connectivity index is 1.17. The van der Waals surface area contributed by atoms with E-state index in [1.807, 2.05) is 12.1 Å². The Labute approximate surface area is 197 Å². The maximum absolute atomic E-state index is 12.6. The predicted octanol–water partition coefficient (Wildman–Crippen LogP) is 3.75. The van der Waals surface area contributed by atoms with Crippen molar-refractivity contribution >= 4 is 17.5 Å². The van der Waals surface area contributed by atoms with Gasteiger partial charge in [-0.25, -0.2) is 0 Å². The van der Waals surface area contributed by atoms with Crippen molar-refractivity contribution in [3.05, 3.63) is 65.7 Å². The number of hydrogen-bond acceptors (Lipinski definition) is 4. The first kappa shape index (κ1) is 23.5. The second-order valence-corrected chi connectivity index (χ2v) is 9.26. The highest BCUT2D eigenvalue weighted by Crippen LogP contribution is 2.25. The highest BCUT2D eigenvalue weighted by molar-refractivity contribution is 5.97. The second-order valence-electron chi connectivity index (χ2n) is 9.26. The van der Waals surface area contributed by atoms with Gasteiger partial charge in [-0.2, -0.15) is 0 Å². The third-order valence-corrected chi connectivity index (χ3v) is 6.80. The van der Waals surface area contributed by atoms with Crippen LogP contribution >= 0.6 is 0 Å². The Hall–Kier alpha value is -2.70.